The summed E-state index contributed by atoms with van der Waals surface area (Å²) in [6.07, 6.45) is 0.887. The second kappa shape index (κ2) is 8.48. The van der Waals surface area contributed by atoms with E-state index >= 15 is 0 Å². The molecule has 1 atom stereocenters. The lowest BCUT2D eigenvalue weighted by atomic mass is 10.3. The Labute approximate surface area is 151 Å². The lowest BCUT2D eigenvalue weighted by Crippen LogP contribution is -2.42. The third kappa shape index (κ3) is 5.76. The van der Waals surface area contributed by atoms with Crippen LogP contribution in [0, 0.1) is 6.92 Å². The number of nitrogens with one attached hydrogen (secondary N) is 1. The van der Waals surface area contributed by atoms with Gasteiger partial charge in [-0.2, -0.15) is 0 Å². The Bertz CT molecular complexity index is 749. The van der Waals surface area contributed by atoms with Crippen LogP contribution in [0.3, 0.4) is 0 Å². The number of carbonyl (C=O) groups excluding carboxylic acids is 2. The third-order valence-corrected chi connectivity index (χ3v) is 3.67. The highest BCUT2D eigenvalue weighted by Crippen LogP contribution is 2.17. The molecule has 1 aromatic carbocycles. The van der Waals surface area contributed by atoms with Gasteiger partial charge in [0.15, 0.2) is 6.10 Å². The first kappa shape index (κ1) is 18.7. The molecule has 7 heteroatoms. The fourth-order valence-corrected chi connectivity index (χ4v) is 2.28. The fourth-order valence-electron chi connectivity index (χ4n) is 2.16. The smallest absolute Gasteiger partial charge is 0.263 e. The minimum absolute atomic E-state index is 0.0945. The van der Waals surface area contributed by atoms with Gasteiger partial charge in [0.1, 0.15) is 11.6 Å². The molecule has 0 aliphatic rings. The molecule has 0 bridgehead atoms. The van der Waals surface area contributed by atoms with E-state index in [0.29, 0.717) is 16.6 Å². The van der Waals surface area contributed by atoms with Crippen LogP contribution >= 0.6 is 11.6 Å². The number of aryl methyl sites for hydroxylation is 1. The minimum atomic E-state index is -0.726. The Morgan fingerprint density at radius 2 is 1.96 bits per heavy atom. The van der Waals surface area contributed by atoms with E-state index in [1.807, 2.05) is 13.0 Å². The molecule has 0 aliphatic heterocycles. The average Bonchev–Trinajstić information content (AvgIpc) is 2.56. The van der Waals surface area contributed by atoms with Crippen molar-refractivity contribution in [2.45, 2.75) is 20.0 Å². The van der Waals surface area contributed by atoms with Crippen LogP contribution in [0.15, 0.2) is 42.6 Å². The van der Waals surface area contributed by atoms with E-state index in [-0.39, 0.29) is 18.4 Å². The van der Waals surface area contributed by atoms with E-state index in [4.69, 9.17) is 16.3 Å². The number of aromatic nitrogens is 1. The van der Waals surface area contributed by atoms with Crippen molar-refractivity contribution in [3.05, 3.63) is 53.2 Å². The summed E-state index contributed by atoms with van der Waals surface area (Å²) in [6, 6.07) is 10.3. The Balaban J connectivity index is 1.88. The number of carbonyl (C=O) groups is 2. The van der Waals surface area contributed by atoms with Crippen LogP contribution < -0.4 is 10.1 Å². The third-order valence-electron chi connectivity index (χ3n) is 3.41. The standard InChI is InChI=1S/C18H20ClN3O3/c1-12-8-9-20-16(10-12)21-17(23)11-22(3)18(24)13(2)25-15-6-4-14(19)5-7-15/h4-10,13H,11H2,1-3H3,(H,20,21,23). The van der Waals surface area contributed by atoms with Crippen LogP contribution in [0.1, 0.15) is 12.5 Å². The van der Waals surface area contributed by atoms with Crippen LogP contribution in [-0.4, -0.2) is 41.4 Å². The largest absolute Gasteiger partial charge is 0.481 e. The molecule has 6 nitrogen and oxygen atoms in total. The van der Waals surface area contributed by atoms with E-state index < -0.39 is 6.10 Å². The molecule has 0 saturated carbocycles. The summed E-state index contributed by atoms with van der Waals surface area (Å²) < 4.78 is 5.57. The first-order chi connectivity index (χ1) is 11.8. The summed E-state index contributed by atoms with van der Waals surface area (Å²) >= 11 is 5.81. The van der Waals surface area contributed by atoms with E-state index in [1.165, 1.54) is 4.90 Å². The molecule has 1 unspecified atom stereocenters. The number of ether oxygens (including phenoxy) is 1. The highest BCUT2D eigenvalue weighted by molar-refractivity contribution is 6.30. The van der Waals surface area contributed by atoms with Crippen molar-refractivity contribution in [2.24, 2.45) is 0 Å². The van der Waals surface area contributed by atoms with Crippen LogP contribution in [0.5, 0.6) is 5.75 Å². The lowest BCUT2D eigenvalue weighted by Gasteiger charge is -2.21. The summed E-state index contributed by atoms with van der Waals surface area (Å²) in [7, 11) is 1.55. The Morgan fingerprint density at radius 3 is 2.60 bits per heavy atom. The number of amides is 2. The van der Waals surface area contributed by atoms with Gasteiger partial charge in [-0.3, -0.25) is 9.59 Å². The van der Waals surface area contributed by atoms with Crippen LogP contribution in [0.4, 0.5) is 5.82 Å². The van der Waals surface area contributed by atoms with Gasteiger partial charge in [0, 0.05) is 18.3 Å². The molecule has 0 fully saturated rings. The maximum atomic E-state index is 12.3. The predicted molar refractivity (Wildman–Crippen MR) is 96.8 cm³/mol. The molecule has 1 N–H and O–H groups in total. The SMILES string of the molecule is Cc1ccnc(NC(=O)CN(C)C(=O)C(C)Oc2ccc(Cl)cc2)c1. The molecular formula is C18H20ClN3O3. The number of benzene rings is 1. The van der Waals surface area contributed by atoms with Crippen molar-refractivity contribution >= 4 is 29.2 Å². The molecule has 25 heavy (non-hydrogen) atoms. The molecule has 132 valence electrons. The predicted octanol–water partition coefficient (Wildman–Crippen LogP) is 2.91. The van der Waals surface area contributed by atoms with Crippen molar-refractivity contribution in [3.8, 4) is 5.75 Å². The lowest BCUT2D eigenvalue weighted by molar-refractivity contribution is -0.139. The number of hydrogen-bond acceptors (Lipinski definition) is 4. The number of likely N-dealkylation sites (N-methyl/N-ethyl adjacent to an activating group) is 1. The van der Waals surface area contributed by atoms with Gasteiger partial charge in [-0.05, 0) is 55.8 Å². The van der Waals surface area contributed by atoms with Crippen LogP contribution in [0.25, 0.3) is 0 Å². The summed E-state index contributed by atoms with van der Waals surface area (Å²) in [5, 5.41) is 3.25. The molecule has 1 heterocycles. The van der Waals surface area contributed by atoms with E-state index in [1.54, 1.807) is 50.5 Å². The quantitative estimate of drug-likeness (QED) is 0.858. The second-order valence-corrected chi connectivity index (χ2v) is 6.11. The van der Waals surface area contributed by atoms with Crippen molar-refractivity contribution in [1.29, 1.82) is 0 Å². The normalized spacial score (nSPS) is 11.5. The van der Waals surface area contributed by atoms with Crippen molar-refractivity contribution < 1.29 is 14.3 Å². The average molecular weight is 362 g/mol. The van der Waals surface area contributed by atoms with Crippen LogP contribution in [-0.2, 0) is 9.59 Å². The molecule has 1 aromatic heterocycles. The number of hydrogen-bond donors (Lipinski definition) is 1. The van der Waals surface area contributed by atoms with Crippen molar-refractivity contribution in [3.63, 3.8) is 0 Å². The highest BCUT2D eigenvalue weighted by Gasteiger charge is 2.21. The monoisotopic (exact) mass is 361 g/mol. The Hall–Kier alpha value is -2.60. The zero-order chi connectivity index (χ0) is 18.4. The molecule has 2 rings (SSSR count). The van der Waals surface area contributed by atoms with E-state index in [2.05, 4.69) is 10.3 Å². The number of anilines is 1. The van der Waals surface area contributed by atoms with Gasteiger partial charge < -0.3 is 15.0 Å². The zero-order valence-electron chi connectivity index (χ0n) is 14.3. The molecule has 2 amide bonds. The molecule has 0 saturated heterocycles. The summed E-state index contributed by atoms with van der Waals surface area (Å²) in [5.41, 5.74) is 0.986. The number of rotatable bonds is 6. The first-order valence-corrected chi connectivity index (χ1v) is 8.12. The molecule has 2 aromatic rings. The minimum Gasteiger partial charge on any atom is -0.481 e. The van der Waals surface area contributed by atoms with Gasteiger partial charge in [-0.1, -0.05) is 11.6 Å². The van der Waals surface area contributed by atoms with E-state index in [9.17, 15) is 9.59 Å². The maximum absolute atomic E-state index is 12.3. The zero-order valence-corrected chi connectivity index (χ0v) is 15.1. The van der Waals surface area contributed by atoms with Crippen molar-refractivity contribution in [2.75, 3.05) is 18.9 Å². The van der Waals surface area contributed by atoms with Gasteiger partial charge in [-0.15, -0.1) is 0 Å². The van der Waals surface area contributed by atoms with Crippen molar-refractivity contribution in [1.82, 2.24) is 9.88 Å². The summed E-state index contributed by atoms with van der Waals surface area (Å²) in [6.45, 7) is 3.44. The number of nitrogens with zero attached hydrogens (tertiary/aromatic N) is 2. The number of halogens is 1. The van der Waals surface area contributed by atoms with Gasteiger partial charge in [0.25, 0.3) is 5.91 Å². The summed E-state index contributed by atoms with van der Waals surface area (Å²) in [4.78, 5) is 29.8. The van der Waals surface area contributed by atoms with Crippen LogP contribution in [0.2, 0.25) is 5.02 Å². The number of pyridine rings is 1. The maximum Gasteiger partial charge on any atom is 0.263 e. The van der Waals surface area contributed by atoms with Gasteiger partial charge in [-0.25, -0.2) is 4.98 Å². The Morgan fingerprint density at radius 1 is 1.28 bits per heavy atom. The van der Waals surface area contributed by atoms with Gasteiger partial charge >= 0.3 is 0 Å². The second-order valence-electron chi connectivity index (χ2n) is 5.67. The highest BCUT2D eigenvalue weighted by atomic mass is 35.5. The van der Waals surface area contributed by atoms with Gasteiger partial charge in [0.05, 0.1) is 6.54 Å². The molecule has 0 aliphatic carbocycles. The topological polar surface area (TPSA) is 71.5 Å². The molecular weight excluding hydrogens is 342 g/mol. The fraction of sp³-hybridized carbons (Fsp3) is 0.278. The molecule has 0 spiro atoms. The first-order valence-electron chi connectivity index (χ1n) is 7.75. The van der Waals surface area contributed by atoms with E-state index in [0.717, 1.165) is 5.56 Å². The Kier molecular flexibility index (Phi) is 6.36. The van der Waals surface area contributed by atoms with Gasteiger partial charge in [0.2, 0.25) is 5.91 Å². The summed E-state index contributed by atoms with van der Waals surface area (Å²) in [5.74, 6) is 0.360. The molecule has 0 radical (unpaired) electrons.